The van der Waals surface area contributed by atoms with E-state index >= 15 is 0 Å². The number of ether oxygens (including phenoxy) is 1. The summed E-state index contributed by atoms with van der Waals surface area (Å²) in [6.45, 7) is 8.09. The zero-order valence-corrected chi connectivity index (χ0v) is 15.1. The topological polar surface area (TPSA) is 51.5 Å². The molecule has 1 heterocycles. The number of nitriles is 1. The van der Waals surface area contributed by atoms with Crippen molar-refractivity contribution < 1.29 is 14.0 Å². The molecule has 1 fully saturated rings. The van der Waals surface area contributed by atoms with E-state index in [1.807, 2.05) is 45.9 Å². The van der Waals surface area contributed by atoms with Gasteiger partial charge in [0.1, 0.15) is 11.8 Å². The second kappa shape index (κ2) is 6.60. The molecule has 0 radical (unpaired) electrons. The molecule has 0 bridgehead atoms. The van der Waals surface area contributed by atoms with Crippen molar-refractivity contribution in [3.8, 4) is 11.8 Å². The Hall–Kier alpha value is -1.42. The second-order valence-electron chi connectivity index (χ2n) is 6.54. The lowest BCUT2D eigenvalue weighted by Gasteiger charge is -2.32. The summed E-state index contributed by atoms with van der Waals surface area (Å²) in [6.07, 6.45) is 1.97. The summed E-state index contributed by atoms with van der Waals surface area (Å²) in [4.78, 5) is 0. The fourth-order valence-electron chi connectivity index (χ4n) is 2.29. The Morgan fingerprint density at radius 1 is 1.30 bits per heavy atom. The highest BCUT2D eigenvalue weighted by molar-refractivity contribution is 7.80. The Morgan fingerprint density at radius 3 is 2.39 bits per heavy atom. The van der Waals surface area contributed by atoms with Crippen molar-refractivity contribution in [2.45, 2.75) is 38.9 Å². The van der Waals surface area contributed by atoms with Crippen LogP contribution in [0.4, 0.5) is 0 Å². The average molecular weight is 331 g/mol. The monoisotopic (exact) mass is 331 g/mol. The smallest absolute Gasteiger partial charge is 0.491 e. The molecule has 0 aromatic heterocycles. The minimum atomic E-state index is -0.431. The van der Waals surface area contributed by atoms with E-state index in [1.165, 1.54) is 0 Å². The Balaban J connectivity index is 2.32. The van der Waals surface area contributed by atoms with Crippen molar-refractivity contribution in [2.75, 3.05) is 12.9 Å². The summed E-state index contributed by atoms with van der Waals surface area (Å²) in [5.74, 6) is 1.06. The molecule has 23 heavy (non-hydrogen) atoms. The molecule has 0 aliphatic carbocycles. The molecule has 1 aliphatic heterocycles. The average Bonchev–Trinajstić information content (AvgIpc) is 2.72. The molecule has 122 valence electrons. The second-order valence-corrected chi connectivity index (χ2v) is 6.85. The highest BCUT2D eigenvalue weighted by Crippen LogP contribution is 2.39. The van der Waals surface area contributed by atoms with Gasteiger partial charge in [0.15, 0.2) is 0 Å². The summed E-state index contributed by atoms with van der Waals surface area (Å²) < 4.78 is 17.4. The maximum atomic E-state index is 9.06. The van der Waals surface area contributed by atoms with Crippen LogP contribution in [-0.2, 0) is 9.31 Å². The standard InChI is InChI=1S/C17H22BNO3S/c1-16(2)17(3,4)22-18(21-16)14(11-23)8-12-6-7-13(10-19)15(9-12)20-5/h6-9,23H,11H2,1-5H3. The first-order valence-corrected chi connectivity index (χ1v) is 8.12. The highest BCUT2D eigenvalue weighted by Gasteiger charge is 2.52. The highest BCUT2D eigenvalue weighted by atomic mass is 32.1. The van der Waals surface area contributed by atoms with Crippen molar-refractivity contribution in [1.82, 2.24) is 0 Å². The van der Waals surface area contributed by atoms with Gasteiger partial charge in [-0.3, -0.25) is 0 Å². The van der Waals surface area contributed by atoms with Gasteiger partial charge in [0.2, 0.25) is 0 Å². The fourth-order valence-corrected chi connectivity index (χ4v) is 2.53. The summed E-state index contributed by atoms with van der Waals surface area (Å²) in [6, 6.07) is 7.55. The van der Waals surface area contributed by atoms with E-state index in [2.05, 4.69) is 18.7 Å². The van der Waals surface area contributed by atoms with Crippen LogP contribution in [-0.4, -0.2) is 31.2 Å². The third-order valence-corrected chi connectivity index (χ3v) is 4.80. The van der Waals surface area contributed by atoms with Gasteiger partial charge in [-0.1, -0.05) is 12.1 Å². The minimum absolute atomic E-state index is 0.387. The Kier molecular flexibility index (Phi) is 5.15. The quantitative estimate of drug-likeness (QED) is 0.678. The molecule has 6 heteroatoms. The van der Waals surface area contributed by atoms with Crippen molar-refractivity contribution in [1.29, 1.82) is 5.26 Å². The fraction of sp³-hybridized carbons (Fsp3) is 0.471. The van der Waals surface area contributed by atoms with Crippen LogP contribution < -0.4 is 4.74 Å². The molecular weight excluding hydrogens is 309 g/mol. The Labute approximate surface area is 144 Å². The first-order valence-electron chi connectivity index (χ1n) is 7.49. The molecule has 0 atom stereocenters. The number of rotatable bonds is 4. The number of nitrogens with zero attached hydrogens (tertiary/aromatic N) is 1. The van der Waals surface area contributed by atoms with Crippen LogP contribution in [0.1, 0.15) is 38.8 Å². The molecule has 1 aromatic carbocycles. The van der Waals surface area contributed by atoms with E-state index in [9.17, 15) is 0 Å². The minimum Gasteiger partial charge on any atom is -0.495 e. The number of hydrogen-bond donors (Lipinski definition) is 1. The molecule has 0 amide bonds. The number of methoxy groups -OCH3 is 1. The van der Waals surface area contributed by atoms with Crippen molar-refractivity contribution >= 4 is 25.8 Å². The van der Waals surface area contributed by atoms with E-state index in [-0.39, 0.29) is 11.2 Å². The Bertz CT molecular complexity index is 648. The first-order chi connectivity index (χ1) is 10.7. The number of thiol groups is 1. The van der Waals surface area contributed by atoms with Gasteiger partial charge in [0.05, 0.1) is 23.9 Å². The van der Waals surface area contributed by atoms with Gasteiger partial charge in [-0.05, 0) is 50.9 Å². The van der Waals surface area contributed by atoms with E-state index in [0.717, 1.165) is 11.0 Å². The molecule has 2 rings (SSSR count). The lowest BCUT2D eigenvalue weighted by atomic mass is 9.78. The van der Waals surface area contributed by atoms with E-state index < -0.39 is 7.12 Å². The lowest BCUT2D eigenvalue weighted by Crippen LogP contribution is -2.41. The van der Waals surface area contributed by atoms with Crippen LogP contribution in [0.2, 0.25) is 0 Å². The molecule has 0 saturated carbocycles. The molecule has 4 nitrogen and oxygen atoms in total. The SMILES string of the molecule is COc1cc(C=C(CS)B2OC(C)(C)C(C)(C)O2)ccc1C#N. The van der Waals surface area contributed by atoms with E-state index in [4.69, 9.17) is 19.3 Å². The zero-order chi connectivity index (χ0) is 17.3. The normalized spacial score (nSPS) is 19.5. The third kappa shape index (κ3) is 3.58. The van der Waals surface area contributed by atoms with Crippen LogP contribution in [0.5, 0.6) is 5.75 Å². The molecule has 1 aliphatic rings. The molecule has 0 spiro atoms. The predicted molar refractivity (Wildman–Crippen MR) is 95.6 cm³/mol. The van der Waals surface area contributed by atoms with Gasteiger partial charge < -0.3 is 14.0 Å². The Morgan fingerprint density at radius 2 is 1.91 bits per heavy atom. The zero-order valence-electron chi connectivity index (χ0n) is 14.2. The van der Waals surface area contributed by atoms with Gasteiger partial charge in [-0.25, -0.2) is 0 Å². The summed E-state index contributed by atoms with van der Waals surface area (Å²) in [5, 5.41) is 9.06. The lowest BCUT2D eigenvalue weighted by molar-refractivity contribution is 0.00578. The van der Waals surface area contributed by atoms with Crippen LogP contribution in [0.3, 0.4) is 0 Å². The predicted octanol–water partition coefficient (Wildman–Crippen LogP) is 3.51. The van der Waals surface area contributed by atoms with Gasteiger partial charge in [0, 0.05) is 5.75 Å². The maximum absolute atomic E-state index is 9.06. The summed E-state index contributed by atoms with van der Waals surface area (Å²) in [7, 11) is 1.12. The van der Waals surface area contributed by atoms with Crippen LogP contribution >= 0.6 is 12.6 Å². The molecule has 1 saturated heterocycles. The van der Waals surface area contributed by atoms with Crippen LogP contribution in [0, 0.1) is 11.3 Å². The van der Waals surface area contributed by atoms with Gasteiger partial charge >= 0.3 is 7.12 Å². The first kappa shape index (κ1) is 17.9. The number of hydrogen-bond acceptors (Lipinski definition) is 5. The van der Waals surface area contributed by atoms with Crippen LogP contribution in [0.15, 0.2) is 23.7 Å². The molecule has 0 unspecified atom stereocenters. The van der Waals surface area contributed by atoms with Gasteiger partial charge in [0.25, 0.3) is 0 Å². The van der Waals surface area contributed by atoms with Crippen LogP contribution in [0.25, 0.3) is 6.08 Å². The molecule has 1 aromatic rings. The third-order valence-electron chi connectivity index (χ3n) is 4.44. The largest absolute Gasteiger partial charge is 0.495 e. The van der Waals surface area contributed by atoms with E-state index in [0.29, 0.717) is 17.1 Å². The summed E-state index contributed by atoms with van der Waals surface area (Å²) >= 11 is 4.41. The summed E-state index contributed by atoms with van der Waals surface area (Å²) in [5.41, 5.74) is 1.58. The molecular formula is C17H22BNO3S. The van der Waals surface area contributed by atoms with Gasteiger partial charge in [-0.15, -0.1) is 0 Å². The molecule has 0 N–H and O–H groups in total. The van der Waals surface area contributed by atoms with Crippen molar-refractivity contribution in [3.63, 3.8) is 0 Å². The maximum Gasteiger partial charge on any atom is 0.491 e. The van der Waals surface area contributed by atoms with Crippen molar-refractivity contribution in [2.24, 2.45) is 0 Å². The number of benzene rings is 1. The van der Waals surface area contributed by atoms with Gasteiger partial charge in [-0.2, -0.15) is 17.9 Å². The van der Waals surface area contributed by atoms with E-state index in [1.54, 1.807) is 13.2 Å². The van der Waals surface area contributed by atoms with Crippen molar-refractivity contribution in [3.05, 3.63) is 34.8 Å².